The zero-order chi connectivity index (χ0) is 29.4. The molecule has 0 amide bonds. The minimum Gasteiger partial charge on any atom is -0.487 e. The fraction of sp³-hybridized carbons (Fsp3) is 0.351. The average molecular weight is 585 g/mol. The molecule has 0 N–H and O–H groups in total. The van der Waals surface area contributed by atoms with Crippen LogP contribution >= 0.6 is 11.8 Å². The molecule has 0 aliphatic heterocycles. The van der Waals surface area contributed by atoms with E-state index in [9.17, 15) is 0 Å². The highest BCUT2D eigenvalue weighted by molar-refractivity contribution is 7.98. The van der Waals surface area contributed by atoms with E-state index in [0.29, 0.717) is 39.0 Å². The third kappa shape index (κ3) is 10.0. The zero-order valence-corrected chi connectivity index (χ0v) is 26.0. The predicted molar refractivity (Wildman–Crippen MR) is 173 cm³/mol. The summed E-state index contributed by atoms with van der Waals surface area (Å²) in [6, 6.07) is 36.0. The van der Waals surface area contributed by atoms with Crippen molar-refractivity contribution in [1.82, 2.24) is 0 Å². The first-order valence-corrected chi connectivity index (χ1v) is 16.2. The highest BCUT2D eigenvalue weighted by Gasteiger charge is 2.18. The molecule has 4 aromatic rings. The highest BCUT2D eigenvalue weighted by atomic mass is 32.2. The van der Waals surface area contributed by atoms with Crippen molar-refractivity contribution < 1.29 is 18.9 Å². The first-order chi connectivity index (χ1) is 20.7. The van der Waals surface area contributed by atoms with Crippen molar-refractivity contribution in [2.24, 2.45) is 5.92 Å². The van der Waals surface area contributed by atoms with E-state index in [0.717, 1.165) is 30.6 Å². The number of para-hydroxylation sites is 1. The van der Waals surface area contributed by atoms with E-state index in [1.807, 2.05) is 26.0 Å². The summed E-state index contributed by atoms with van der Waals surface area (Å²) in [6.45, 7) is 7.10. The third-order valence-electron chi connectivity index (χ3n) is 7.21. The van der Waals surface area contributed by atoms with Crippen molar-refractivity contribution in [3.63, 3.8) is 0 Å². The van der Waals surface area contributed by atoms with Crippen molar-refractivity contribution in [1.29, 1.82) is 0 Å². The van der Waals surface area contributed by atoms with Crippen LogP contribution in [0.2, 0.25) is 0 Å². The molecule has 0 saturated heterocycles. The van der Waals surface area contributed by atoms with E-state index < -0.39 is 0 Å². The molecule has 0 radical (unpaired) electrons. The van der Waals surface area contributed by atoms with Gasteiger partial charge in [0.2, 0.25) is 0 Å². The second-order valence-electron chi connectivity index (χ2n) is 10.3. The van der Waals surface area contributed by atoms with Crippen molar-refractivity contribution in [2.75, 3.05) is 26.1 Å². The number of ether oxygens (including phenoxy) is 4. The number of hydrogen-bond acceptors (Lipinski definition) is 5. The first-order valence-electron chi connectivity index (χ1n) is 15.0. The standard InChI is InChI=1S/C37H44O4S/c1-4-39-37(40-5-2)33-21-19-29(20-22-33)25-32(23-24-38-27-30-13-8-6-9-14-30)26-34-17-12-18-35(42-3)36(34)41-28-31-15-10-7-11-16-31/h6-22,32,37H,4-5,23-28H2,1-3H3. The Balaban J connectivity index is 1.49. The Morgan fingerprint density at radius 2 is 1.29 bits per heavy atom. The average Bonchev–Trinajstić information content (AvgIpc) is 3.03. The quantitative estimate of drug-likeness (QED) is 0.0662. The monoisotopic (exact) mass is 584 g/mol. The normalized spacial score (nSPS) is 12.0. The molecule has 0 fully saturated rings. The zero-order valence-electron chi connectivity index (χ0n) is 25.2. The molecule has 4 nitrogen and oxygen atoms in total. The molecule has 0 bridgehead atoms. The van der Waals surface area contributed by atoms with Gasteiger partial charge in [-0.3, -0.25) is 0 Å². The molecule has 1 atom stereocenters. The van der Waals surface area contributed by atoms with Gasteiger partial charge < -0.3 is 18.9 Å². The van der Waals surface area contributed by atoms with Gasteiger partial charge >= 0.3 is 0 Å². The maximum atomic E-state index is 6.49. The van der Waals surface area contributed by atoms with Gasteiger partial charge in [0.1, 0.15) is 12.4 Å². The number of hydrogen-bond donors (Lipinski definition) is 0. The summed E-state index contributed by atoms with van der Waals surface area (Å²) in [6.07, 6.45) is 4.61. The fourth-order valence-corrected chi connectivity index (χ4v) is 5.66. The van der Waals surface area contributed by atoms with Gasteiger partial charge in [-0.1, -0.05) is 97.1 Å². The van der Waals surface area contributed by atoms with Crippen molar-refractivity contribution in [3.8, 4) is 5.75 Å². The fourth-order valence-electron chi connectivity index (χ4n) is 5.07. The highest BCUT2D eigenvalue weighted by Crippen LogP contribution is 2.34. The van der Waals surface area contributed by atoms with Crippen molar-refractivity contribution in [3.05, 3.63) is 131 Å². The van der Waals surface area contributed by atoms with E-state index >= 15 is 0 Å². The number of rotatable bonds is 18. The molecule has 42 heavy (non-hydrogen) atoms. The molecule has 0 saturated carbocycles. The van der Waals surface area contributed by atoms with E-state index in [4.69, 9.17) is 18.9 Å². The molecular weight excluding hydrogens is 540 g/mol. The van der Waals surface area contributed by atoms with Crippen LogP contribution in [0.4, 0.5) is 0 Å². The maximum absolute atomic E-state index is 6.49. The molecule has 222 valence electrons. The molecule has 4 aromatic carbocycles. The lowest BCUT2D eigenvalue weighted by Crippen LogP contribution is -2.14. The molecule has 0 aromatic heterocycles. The smallest absolute Gasteiger partial charge is 0.183 e. The number of thioether (sulfide) groups is 1. The molecule has 4 rings (SSSR count). The van der Waals surface area contributed by atoms with E-state index in [1.165, 1.54) is 27.1 Å². The lowest BCUT2D eigenvalue weighted by molar-refractivity contribution is -0.140. The summed E-state index contributed by atoms with van der Waals surface area (Å²) < 4.78 is 24.2. The van der Waals surface area contributed by atoms with Gasteiger partial charge in [0.25, 0.3) is 0 Å². The van der Waals surface area contributed by atoms with Crippen LogP contribution in [-0.4, -0.2) is 26.1 Å². The van der Waals surface area contributed by atoms with Gasteiger partial charge in [0, 0.05) is 30.3 Å². The lowest BCUT2D eigenvalue weighted by atomic mass is 9.89. The Kier molecular flexibility index (Phi) is 13.5. The van der Waals surface area contributed by atoms with Crippen LogP contribution in [0.5, 0.6) is 5.75 Å². The SMILES string of the molecule is CCOC(OCC)c1ccc(CC(CCOCc2ccccc2)Cc2cccc(SC)c2OCc2ccccc2)cc1. The molecule has 0 aliphatic rings. The van der Waals surface area contributed by atoms with Gasteiger partial charge in [-0.05, 0) is 73.6 Å². The molecule has 1 unspecified atom stereocenters. The summed E-state index contributed by atoms with van der Waals surface area (Å²) in [5.41, 5.74) is 5.96. The Morgan fingerprint density at radius 1 is 0.643 bits per heavy atom. The topological polar surface area (TPSA) is 36.9 Å². The minimum absolute atomic E-state index is 0.324. The van der Waals surface area contributed by atoms with Crippen LogP contribution in [-0.2, 0) is 40.3 Å². The van der Waals surface area contributed by atoms with Gasteiger partial charge in [-0.2, -0.15) is 0 Å². The van der Waals surface area contributed by atoms with Crippen LogP contribution in [0, 0.1) is 5.92 Å². The van der Waals surface area contributed by atoms with E-state index in [2.05, 4.69) is 97.3 Å². The predicted octanol–water partition coefficient (Wildman–Crippen LogP) is 9.07. The minimum atomic E-state index is -0.324. The van der Waals surface area contributed by atoms with Gasteiger partial charge in [-0.15, -0.1) is 11.8 Å². The Labute approximate surface area is 256 Å². The third-order valence-corrected chi connectivity index (χ3v) is 7.97. The van der Waals surface area contributed by atoms with Gasteiger partial charge in [0.15, 0.2) is 6.29 Å². The van der Waals surface area contributed by atoms with Crippen LogP contribution < -0.4 is 4.74 Å². The van der Waals surface area contributed by atoms with Gasteiger partial charge in [-0.25, -0.2) is 0 Å². The lowest BCUT2D eigenvalue weighted by Gasteiger charge is -2.22. The Bertz CT molecular complexity index is 1290. The second-order valence-corrected chi connectivity index (χ2v) is 11.2. The summed E-state index contributed by atoms with van der Waals surface area (Å²) in [7, 11) is 0. The Morgan fingerprint density at radius 3 is 1.90 bits per heavy atom. The Hall–Kier alpha value is -3.09. The first kappa shape index (κ1) is 31.8. The van der Waals surface area contributed by atoms with Crippen LogP contribution in [0.15, 0.2) is 108 Å². The molecule has 0 heterocycles. The van der Waals surface area contributed by atoms with Crippen molar-refractivity contribution >= 4 is 11.8 Å². The van der Waals surface area contributed by atoms with Gasteiger partial charge in [0.05, 0.1) is 6.61 Å². The van der Waals surface area contributed by atoms with Crippen LogP contribution in [0.25, 0.3) is 0 Å². The summed E-state index contributed by atoms with van der Waals surface area (Å²) in [5, 5.41) is 0. The van der Waals surface area contributed by atoms with Crippen LogP contribution in [0.3, 0.4) is 0 Å². The summed E-state index contributed by atoms with van der Waals surface area (Å²) in [4.78, 5) is 1.17. The maximum Gasteiger partial charge on any atom is 0.183 e. The molecule has 5 heteroatoms. The largest absolute Gasteiger partial charge is 0.487 e. The summed E-state index contributed by atoms with van der Waals surface area (Å²) >= 11 is 1.73. The molecule has 0 aliphatic carbocycles. The summed E-state index contributed by atoms with van der Waals surface area (Å²) in [5.74, 6) is 1.38. The molecular formula is C37H44O4S. The van der Waals surface area contributed by atoms with Crippen molar-refractivity contribution in [2.45, 2.75) is 57.5 Å². The van der Waals surface area contributed by atoms with E-state index in [-0.39, 0.29) is 6.29 Å². The molecule has 0 spiro atoms. The number of benzene rings is 4. The second kappa shape index (κ2) is 17.8. The van der Waals surface area contributed by atoms with E-state index in [1.54, 1.807) is 11.8 Å². The van der Waals surface area contributed by atoms with Crippen LogP contribution in [0.1, 0.15) is 54.4 Å².